The van der Waals surface area contributed by atoms with E-state index < -0.39 is 21.7 Å². The summed E-state index contributed by atoms with van der Waals surface area (Å²) in [7, 11) is -3.96. The van der Waals surface area contributed by atoms with Crippen LogP contribution in [0.1, 0.15) is 12.6 Å². The minimum Gasteiger partial charge on any atom is -0.277 e. The van der Waals surface area contributed by atoms with E-state index in [1.807, 2.05) is 6.92 Å². The molecule has 0 aliphatic rings. The van der Waals surface area contributed by atoms with E-state index in [9.17, 15) is 17.2 Å². The summed E-state index contributed by atoms with van der Waals surface area (Å²) in [6, 6.07) is 2.62. The first-order chi connectivity index (χ1) is 9.35. The number of hydrogen-bond donors (Lipinski definition) is 1. The van der Waals surface area contributed by atoms with Gasteiger partial charge in [0.15, 0.2) is 0 Å². The highest BCUT2D eigenvalue weighted by Crippen LogP contribution is 2.21. The SMILES string of the molecule is CCn1ncc(S(=O)(=O)Nc2ccc(F)cc2F)c1C. The lowest BCUT2D eigenvalue weighted by Crippen LogP contribution is -2.15. The highest BCUT2D eigenvalue weighted by molar-refractivity contribution is 7.92. The Hall–Kier alpha value is -1.96. The van der Waals surface area contributed by atoms with Crippen molar-refractivity contribution >= 4 is 15.7 Å². The number of aryl methyl sites for hydroxylation is 1. The van der Waals surface area contributed by atoms with Crippen LogP contribution in [0.4, 0.5) is 14.5 Å². The van der Waals surface area contributed by atoms with Gasteiger partial charge in [-0.25, -0.2) is 17.2 Å². The first-order valence-corrected chi connectivity index (χ1v) is 7.33. The molecule has 108 valence electrons. The lowest BCUT2D eigenvalue weighted by atomic mass is 10.3. The number of aromatic nitrogens is 2. The second-order valence-electron chi connectivity index (χ2n) is 4.14. The van der Waals surface area contributed by atoms with Gasteiger partial charge in [0.05, 0.1) is 17.6 Å². The van der Waals surface area contributed by atoms with Crippen LogP contribution < -0.4 is 4.72 Å². The van der Waals surface area contributed by atoms with Crippen LogP contribution in [0.2, 0.25) is 0 Å². The Balaban J connectivity index is 2.38. The molecule has 2 aromatic rings. The number of nitrogens with zero attached hydrogens (tertiary/aromatic N) is 2. The van der Waals surface area contributed by atoms with Crippen molar-refractivity contribution in [2.24, 2.45) is 0 Å². The summed E-state index contributed by atoms with van der Waals surface area (Å²) in [5.74, 6) is -1.76. The van der Waals surface area contributed by atoms with Crippen molar-refractivity contribution < 1.29 is 17.2 Å². The standard InChI is InChI=1S/C12H13F2N3O2S/c1-3-17-8(2)12(7-15-17)20(18,19)16-11-5-4-9(13)6-10(11)14/h4-7,16H,3H2,1-2H3. The number of sulfonamides is 1. The topological polar surface area (TPSA) is 64.0 Å². The second-order valence-corrected chi connectivity index (χ2v) is 5.79. The van der Waals surface area contributed by atoms with Gasteiger partial charge in [0.2, 0.25) is 0 Å². The van der Waals surface area contributed by atoms with Crippen LogP contribution >= 0.6 is 0 Å². The number of benzene rings is 1. The molecule has 0 bridgehead atoms. The molecule has 1 heterocycles. The third kappa shape index (κ3) is 2.64. The molecule has 1 N–H and O–H groups in total. The van der Waals surface area contributed by atoms with Crippen LogP contribution in [0.3, 0.4) is 0 Å². The molecule has 0 spiro atoms. The largest absolute Gasteiger partial charge is 0.277 e. The summed E-state index contributed by atoms with van der Waals surface area (Å²) in [5, 5.41) is 3.92. The predicted molar refractivity (Wildman–Crippen MR) is 69.8 cm³/mol. The van der Waals surface area contributed by atoms with Gasteiger partial charge >= 0.3 is 0 Å². The molecule has 0 amide bonds. The molecule has 0 atom stereocenters. The highest BCUT2D eigenvalue weighted by atomic mass is 32.2. The van der Waals surface area contributed by atoms with E-state index in [1.54, 1.807) is 6.92 Å². The molecule has 1 aromatic carbocycles. The molecule has 0 saturated heterocycles. The van der Waals surface area contributed by atoms with Crippen LogP contribution in [0, 0.1) is 18.6 Å². The van der Waals surface area contributed by atoms with Gasteiger partial charge in [-0.05, 0) is 26.0 Å². The molecule has 5 nitrogen and oxygen atoms in total. The summed E-state index contributed by atoms with van der Waals surface area (Å²) in [5.41, 5.74) is 0.137. The smallest absolute Gasteiger partial charge is 0.265 e. The Labute approximate surface area is 115 Å². The average Bonchev–Trinajstić information content (AvgIpc) is 2.74. The fraction of sp³-hybridized carbons (Fsp3) is 0.250. The van der Waals surface area contributed by atoms with Gasteiger partial charge in [0, 0.05) is 12.6 Å². The molecule has 0 radical (unpaired) electrons. The molecule has 0 fully saturated rings. The van der Waals surface area contributed by atoms with Crippen LogP contribution in [-0.2, 0) is 16.6 Å². The molecular formula is C12H13F2N3O2S. The van der Waals surface area contributed by atoms with Gasteiger partial charge in [-0.1, -0.05) is 0 Å². The van der Waals surface area contributed by atoms with Crippen LogP contribution in [-0.4, -0.2) is 18.2 Å². The van der Waals surface area contributed by atoms with Crippen LogP contribution in [0.5, 0.6) is 0 Å². The summed E-state index contributed by atoms with van der Waals surface area (Å²) in [4.78, 5) is -0.0388. The van der Waals surface area contributed by atoms with Crippen molar-refractivity contribution in [3.63, 3.8) is 0 Å². The average molecular weight is 301 g/mol. The zero-order valence-electron chi connectivity index (χ0n) is 10.9. The quantitative estimate of drug-likeness (QED) is 0.942. The van der Waals surface area contributed by atoms with Crippen molar-refractivity contribution in [3.8, 4) is 0 Å². The van der Waals surface area contributed by atoms with Gasteiger partial charge in [-0.15, -0.1) is 0 Å². The van der Waals surface area contributed by atoms with Gasteiger partial charge in [0.1, 0.15) is 16.5 Å². The van der Waals surface area contributed by atoms with Crippen molar-refractivity contribution in [1.29, 1.82) is 0 Å². The Morgan fingerprint density at radius 1 is 1.35 bits per heavy atom. The van der Waals surface area contributed by atoms with E-state index in [2.05, 4.69) is 9.82 Å². The zero-order valence-corrected chi connectivity index (χ0v) is 11.7. The van der Waals surface area contributed by atoms with Crippen molar-refractivity contribution in [3.05, 3.63) is 41.7 Å². The Morgan fingerprint density at radius 3 is 2.60 bits per heavy atom. The normalized spacial score (nSPS) is 11.6. The van der Waals surface area contributed by atoms with Gasteiger partial charge in [0.25, 0.3) is 10.0 Å². The molecule has 1 aromatic heterocycles. The minimum atomic E-state index is -3.96. The number of anilines is 1. The van der Waals surface area contributed by atoms with E-state index in [1.165, 1.54) is 10.9 Å². The van der Waals surface area contributed by atoms with Crippen molar-refractivity contribution in [2.45, 2.75) is 25.3 Å². The number of halogens is 2. The maximum absolute atomic E-state index is 13.5. The van der Waals surface area contributed by atoms with Crippen LogP contribution in [0.15, 0.2) is 29.3 Å². The number of hydrogen-bond acceptors (Lipinski definition) is 3. The van der Waals surface area contributed by atoms with Gasteiger partial charge in [-0.3, -0.25) is 9.40 Å². The monoisotopic (exact) mass is 301 g/mol. The van der Waals surface area contributed by atoms with E-state index in [0.717, 1.165) is 12.1 Å². The summed E-state index contributed by atoms with van der Waals surface area (Å²) < 4.78 is 54.2. The van der Waals surface area contributed by atoms with Crippen LogP contribution in [0.25, 0.3) is 0 Å². The third-order valence-electron chi connectivity index (χ3n) is 2.82. The van der Waals surface area contributed by atoms with Gasteiger partial charge in [-0.2, -0.15) is 5.10 Å². The Kier molecular flexibility index (Phi) is 3.76. The highest BCUT2D eigenvalue weighted by Gasteiger charge is 2.21. The first-order valence-electron chi connectivity index (χ1n) is 5.85. The van der Waals surface area contributed by atoms with Gasteiger partial charge < -0.3 is 0 Å². The van der Waals surface area contributed by atoms with Crippen molar-refractivity contribution in [1.82, 2.24) is 9.78 Å². The molecule has 2 rings (SSSR count). The molecule has 0 aliphatic carbocycles. The van der Waals surface area contributed by atoms with E-state index in [-0.39, 0.29) is 10.6 Å². The second kappa shape index (κ2) is 5.20. The molecule has 20 heavy (non-hydrogen) atoms. The maximum Gasteiger partial charge on any atom is 0.265 e. The zero-order chi connectivity index (χ0) is 14.9. The van der Waals surface area contributed by atoms with Crippen molar-refractivity contribution in [2.75, 3.05) is 4.72 Å². The molecular weight excluding hydrogens is 288 g/mol. The number of nitrogens with one attached hydrogen (secondary N) is 1. The lowest BCUT2D eigenvalue weighted by Gasteiger charge is -2.08. The Morgan fingerprint density at radius 2 is 2.05 bits per heavy atom. The van der Waals surface area contributed by atoms with E-state index in [4.69, 9.17) is 0 Å². The summed E-state index contributed by atoms with van der Waals surface area (Å²) >= 11 is 0. The molecule has 0 aliphatic heterocycles. The molecule has 8 heteroatoms. The molecule has 0 unspecified atom stereocenters. The number of rotatable bonds is 4. The fourth-order valence-corrected chi connectivity index (χ4v) is 3.03. The maximum atomic E-state index is 13.5. The lowest BCUT2D eigenvalue weighted by molar-refractivity contribution is 0.582. The first kappa shape index (κ1) is 14.4. The minimum absolute atomic E-state index is 0.0388. The van der Waals surface area contributed by atoms with E-state index >= 15 is 0 Å². The summed E-state index contributed by atoms with van der Waals surface area (Å²) in [6.07, 6.45) is 1.20. The van der Waals surface area contributed by atoms with E-state index in [0.29, 0.717) is 18.3 Å². The predicted octanol–water partition coefficient (Wildman–Crippen LogP) is 2.29. The third-order valence-corrected chi connectivity index (χ3v) is 4.29. The summed E-state index contributed by atoms with van der Waals surface area (Å²) in [6.45, 7) is 3.95. The Bertz CT molecular complexity index is 741. The molecule has 0 saturated carbocycles. The fourth-order valence-electron chi connectivity index (χ4n) is 1.78.